The van der Waals surface area contributed by atoms with Crippen molar-refractivity contribution < 1.29 is 19.4 Å². The summed E-state index contributed by atoms with van der Waals surface area (Å²) in [7, 11) is 0. The van der Waals surface area contributed by atoms with Crippen LogP contribution in [0, 0.1) is 0 Å². The second-order valence-electron chi connectivity index (χ2n) is 5.73. The van der Waals surface area contributed by atoms with Crippen molar-refractivity contribution in [1.29, 1.82) is 0 Å². The molecule has 1 aliphatic rings. The van der Waals surface area contributed by atoms with Crippen molar-refractivity contribution in [3.05, 3.63) is 24.3 Å². The molecule has 1 heterocycles. The lowest BCUT2D eigenvalue weighted by Crippen LogP contribution is -2.26. The van der Waals surface area contributed by atoms with Crippen LogP contribution in [0.3, 0.4) is 0 Å². The van der Waals surface area contributed by atoms with Gasteiger partial charge in [0.2, 0.25) is 0 Å². The molecule has 1 N–H and O–H groups in total. The Morgan fingerprint density at radius 1 is 1.18 bits per heavy atom. The van der Waals surface area contributed by atoms with E-state index in [4.69, 9.17) is 4.74 Å². The van der Waals surface area contributed by atoms with Gasteiger partial charge in [0.15, 0.2) is 11.9 Å². The van der Waals surface area contributed by atoms with Gasteiger partial charge < -0.3 is 9.84 Å². The van der Waals surface area contributed by atoms with Crippen LogP contribution in [-0.2, 0) is 14.3 Å². The summed E-state index contributed by atoms with van der Waals surface area (Å²) in [6.45, 7) is 2.01. The summed E-state index contributed by atoms with van der Waals surface area (Å²) >= 11 is 0. The first kappa shape index (κ1) is 18.6. The molecule has 4 nitrogen and oxygen atoms in total. The van der Waals surface area contributed by atoms with E-state index in [1.54, 1.807) is 0 Å². The lowest BCUT2D eigenvalue weighted by atomic mass is 10.0. The highest BCUT2D eigenvalue weighted by Crippen LogP contribution is 2.13. The first-order chi connectivity index (χ1) is 10.6. The molecule has 22 heavy (non-hydrogen) atoms. The number of carbonyl (C=O) groups excluding carboxylic acids is 2. The topological polar surface area (TPSA) is 63.6 Å². The van der Waals surface area contributed by atoms with Crippen LogP contribution in [0.4, 0.5) is 0 Å². The summed E-state index contributed by atoms with van der Waals surface area (Å²) in [5, 5.41) is 9.83. The molecule has 0 spiro atoms. The lowest BCUT2D eigenvalue weighted by molar-refractivity contribution is -0.153. The Morgan fingerprint density at radius 3 is 2.68 bits per heavy atom. The quantitative estimate of drug-likeness (QED) is 0.640. The van der Waals surface area contributed by atoms with Gasteiger partial charge in [0.1, 0.15) is 0 Å². The number of aliphatic hydroxyl groups excluding tert-OH is 1. The van der Waals surface area contributed by atoms with E-state index in [1.807, 2.05) is 19.1 Å². The Labute approximate surface area is 133 Å². The highest BCUT2D eigenvalue weighted by atomic mass is 16.5. The van der Waals surface area contributed by atoms with Crippen molar-refractivity contribution in [2.24, 2.45) is 0 Å². The molecule has 0 saturated carbocycles. The third-order valence-electron chi connectivity index (χ3n) is 3.71. The summed E-state index contributed by atoms with van der Waals surface area (Å²) < 4.78 is 5.32. The number of allylic oxidation sites excluding steroid dienone is 1. The SMILES string of the molecule is CC/C=C\C[C@H]1OC(=O)CCCCCCC[C@H](O)C=CC1=O. The molecule has 0 fully saturated rings. The number of cyclic esters (lactones) is 1. The van der Waals surface area contributed by atoms with Crippen molar-refractivity contribution in [3.8, 4) is 0 Å². The summed E-state index contributed by atoms with van der Waals surface area (Å²) in [5.41, 5.74) is 0. The van der Waals surface area contributed by atoms with Gasteiger partial charge in [0, 0.05) is 12.8 Å². The average molecular weight is 308 g/mol. The van der Waals surface area contributed by atoms with E-state index >= 15 is 0 Å². The standard InChI is InChI=1S/C18H28O4/c1-2-3-7-11-17-16(20)14-13-15(19)10-8-5-4-6-9-12-18(21)22-17/h3,7,13-15,17,19H,2,4-6,8-12H2,1H3/b7-3-,14-13?/t15-,17+/m0/s1. The minimum Gasteiger partial charge on any atom is -0.454 e. The van der Waals surface area contributed by atoms with Gasteiger partial charge in [-0.2, -0.15) is 0 Å². The zero-order valence-corrected chi connectivity index (χ0v) is 13.5. The predicted octanol–water partition coefficient (Wildman–Crippen LogP) is 3.49. The summed E-state index contributed by atoms with van der Waals surface area (Å²) in [6.07, 6.45) is 12.4. The Bertz CT molecular complexity index is 398. The first-order valence-electron chi connectivity index (χ1n) is 8.38. The van der Waals surface area contributed by atoms with E-state index in [0.717, 1.165) is 38.5 Å². The van der Waals surface area contributed by atoms with Gasteiger partial charge in [-0.25, -0.2) is 0 Å². The van der Waals surface area contributed by atoms with Crippen molar-refractivity contribution in [3.63, 3.8) is 0 Å². The van der Waals surface area contributed by atoms with E-state index in [2.05, 4.69) is 0 Å². The van der Waals surface area contributed by atoms with Crippen LogP contribution < -0.4 is 0 Å². The van der Waals surface area contributed by atoms with E-state index in [1.165, 1.54) is 12.2 Å². The number of rotatable bonds is 3. The lowest BCUT2D eigenvalue weighted by Gasteiger charge is -2.14. The molecule has 0 unspecified atom stereocenters. The van der Waals surface area contributed by atoms with Crippen LogP contribution in [0.25, 0.3) is 0 Å². The molecule has 0 saturated heterocycles. The molecule has 0 amide bonds. The molecule has 2 atom stereocenters. The Hall–Kier alpha value is -1.42. The summed E-state index contributed by atoms with van der Waals surface area (Å²) in [6, 6.07) is 0. The molecule has 0 bridgehead atoms. The molecule has 4 heteroatoms. The minimum absolute atomic E-state index is 0.259. The second kappa shape index (κ2) is 11.2. The molecule has 0 aromatic heterocycles. The zero-order valence-electron chi connectivity index (χ0n) is 13.5. The fourth-order valence-corrected chi connectivity index (χ4v) is 2.39. The van der Waals surface area contributed by atoms with Crippen LogP contribution in [0.1, 0.15) is 64.7 Å². The fourth-order valence-electron chi connectivity index (χ4n) is 2.39. The number of hydrogen-bond donors (Lipinski definition) is 1. The maximum absolute atomic E-state index is 12.2. The highest BCUT2D eigenvalue weighted by Gasteiger charge is 2.20. The van der Waals surface area contributed by atoms with Crippen LogP contribution >= 0.6 is 0 Å². The van der Waals surface area contributed by atoms with Gasteiger partial charge in [-0.05, 0) is 25.3 Å². The Morgan fingerprint density at radius 2 is 1.91 bits per heavy atom. The molecule has 124 valence electrons. The van der Waals surface area contributed by atoms with Gasteiger partial charge in [0.05, 0.1) is 6.10 Å². The fraction of sp³-hybridized carbons (Fsp3) is 0.667. The van der Waals surface area contributed by atoms with Crippen LogP contribution in [0.15, 0.2) is 24.3 Å². The summed E-state index contributed by atoms with van der Waals surface area (Å²) in [5.74, 6) is -0.570. The van der Waals surface area contributed by atoms with E-state index < -0.39 is 12.2 Å². The third-order valence-corrected chi connectivity index (χ3v) is 3.71. The van der Waals surface area contributed by atoms with E-state index in [0.29, 0.717) is 19.3 Å². The third kappa shape index (κ3) is 8.13. The number of carbonyl (C=O) groups is 2. The van der Waals surface area contributed by atoms with Gasteiger partial charge in [-0.3, -0.25) is 9.59 Å². The maximum Gasteiger partial charge on any atom is 0.306 e. The number of aliphatic hydroxyl groups is 1. The Kier molecular flexibility index (Phi) is 9.47. The van der Waals surface area contributed by atoms with Crippen molar-refractivity contribution in [2.75, 3.05) is 0 Å². The molecule has 0 aromatic rings. The number of ether oxygens (including phenoxy) is 1. The molecular formula is C18H28O4. The molecule has 0 aliphatic carbocycles. The molecule has 0 radical (unpaired) electrons. The number of ketones is 1. The zero-order chi connectivity index (χ0) is 16.2. The van der Waals surface area contributed by atoms with Crippen molar-refractivity contribution >= 4 is 11.8 Å². The Balaban J connectivity index is 2.72. The number of hydrogen-bond acceptors (Lipinski definition) is 4. The molecule has 0 aromatic carbocycles. The molecule has 1 aliphatic heterocycles. The normalized spacial score (nSPS) is 25.9. The molecular weight excluding hydrogens is 280 g/mol. The first-order valence-corrected chi connectivity index (χ1v) is 8.38. The maximum atomic E-state index is 12.2. The highest BCUT2D eigenvalue weighted by molar-refractivity contribution is 5.95. The monoisotopic (exact) mass is 308 g/mol. The van der Waals surface area contributed by atoms with Gasteiger partial charge in [-0.15, -0.1) is 0 Å². The van der Waals surface area contributed by atoms with Gasteiger partial charge >= 0.3 is 5.97 Å². The largest absolute Gasteiger partial charge is 0.454 e. The van der Waals surface area contributed by atoms with Crippen LogP contribution in [0.2, 0.25) is 0 Å². The van der Waals surface area contributed by atoms with Crippen molar-refractivity contribution in [1.82, 2.24) is 0 Å². The van der Waals surface area contributed by atoms with Crippen LogP contribution in [-0.4, -0.2) is 29.1 Å². The van der Waals surface area contributed by atoms with E-state index in [9.17, 15) is 14.7 Å². The minimum atomic E-state index is -0.776. The van der Waals surface area contributed by atoms with Crippen LogP contribution in [0.5, 0.6) is 0 Å². The second-order valence-corrected chi connectivity index (χ2v) is 5.73. The summed E-state index contributed by atoms with van der Waals surface area (Å²) in [4.78, 5) is 24.0. The van der Waals surface area contributed by atoms with Gasteiger partial charge in [0.25, 0.3) is 0 Å². The van der Waals surface area contributed by atoms with E-state index in [-0.39, 0.29) is 11.8 Å². The average Bonchev–Trinajstić information content (AvgIpc) is 2.50. The predicted molar refractivity (Wildman–Crippen MR) is 86.4 cm³/mol. The molecule has 1 rings (SSSR count). The smallest absolute Gasteiger partial charge is 0.306 e. The van der Waals surface area contributed by atoms with Crippen molar-refractivity contribution in [2.45, 2.75) is 76.9 Å². The number of esters is 1. The van der Waals surface area contributed by atoms with Gasteiger partial charge in [-0.1, -0.05) is 50.8 Å².